The monoisotopic (exact) mass is 606 g/mol. The van der Waals surface area contributed by atoms with Crippen LogP contribution in [0.1, 0.15) is 77.0 Å². The van der Waals surface area contributed by atoms with Gasteiger partial charge in [0, 0.05) is 61.2 Å². The van der Waals surface area contributed by atoms with Gasteiger partial charge in [-0.15, -0.1) is 0 Å². The standard InChI is InChI=1S/C27H42N8O6S/c28-35-31-13-5-12-30-26(40)18(32-24(39)15-17-9-10-20(36)21(37)14-17)6-3-4-11-29-23(38)8-2-1-7-22-25-19(16-42-22)33-27(41)34-25/h17-19,22,25H,1-16H2,(H,29,38)(H,30,40)(H,32,39)(H2,33,34,41)/t17?,18-,19-,22-,25-/m0/s1. The highest BCUT2D eigenvalue weighted by atomic mass is 32.2. The Balaban J connectivity index is 1.32. The molecule has 2 heterocycles. The van der Waals surface area contributed by atoms with E-state index in [0.717, 1.165) is 25.0 Å². The van der Waals surface area contributed by atoms with E-state index in [0.29, 0.717) is 56.9 Å². The highest BCUT2D eigenvalue weighted by Gasteiger charge is 2.42. The number of fused-ring (bicyclic) bond motifs is 1. The van der Waals surface area contributed by atoms with E-state index in [9.17, 15) is 28.8 Å². The Morgan fingerprint density at radius 1 is 1.00 bits per heavy atom. The Hall–Kier alpha value is -3.32. The Labute approximate surface area is 249 Å². The van der Waals surface area contributed by atoms with Crippen LogP contribution < -0.4 is 26.6 Å². The number of hydrogen-bond donors (Lipinski definition) is 5. The van der Waals surface area contributed by atoms with Gasteiger partial charge < -0.3 is 26.6 Å². The predicted molar refractivity (Wildman–Crippen MR) is 156 cm³/mol. The third-order valence-corrected chi connectivity index (χ3v) is 9.32. The second kappa shape index (κ2) is 17.6. The molecule has 3 rings (SSSR count). The van der Waals surface area contributed by atoms with Gasteiger partial charge in [0.25, 0.3) is 0 Å². The summed E-state index contributed by atoms with van der Waals surface area (Å²) in [4.78, 5) is 75.0. The van der Waals surface area contributed by atoms with E-state index in [1.807, 2.05) is 11.8 Å². The fraction of sp³-hybridized carbons (Fsp3) is 0.778. The molecule has 0 radical (unpaired) electrons. The lowest BCUT2D eigenvalue weighted by atomic mass is 9.85. The summed E-state index contributed by atoms with van der Waals surface area (Å²) in [7, 11) is 0. The van der Waals surface area contributed by atoms with Crippen molar-refractivity contribution in [2.75, 3.05) is 25.4 Å². The number of Topliss-reactive ketones (excluding diaryl/α,β-unsaturated/α-hetero) is 2. The van der Waals surface area contributed by atoms with Crippen molar-refractivity contribution in [3.8, 4) is 0 Å². The van der Waals surface area contributed by atoms with Gasteiger partial charge in [-0.25, -0.2) is 4.79 Å². The fourth-order valence-electron chi connectivity index (χ4n) is 5.50. The van der Waals surface area contributed by atoms with Gasteiger partial charge in [-0.1, -0.05) is 11.5 Å². The van der Waals surface area contributed by atoms with Crippen molar-refractivity contribution in [2.24, 2.45) is 11.0 Å². The molecule has 1 saturated carbocycles. The Morgan fingerprint density at radius 2 is 1.81 bits per heavy atom. The van der Waals surface area contributed by atoms with Gasteiger partial charge in [0.15, 0.2) is 11.6 Å². The van der Waals surface area contributed by atoms with E-state index in [1.165, 1.54) is 0 Å². The number of rotatable bonds is 18. The third kappa shape index (κ3) is 11.2. The van der Waals surface area contributed by atoms with E-state index >= 15 is 0 Å². The average Bonchev–Trinajstić information content (AvgIpc) is 3.51. The van der Waals surface area contributed by atoms with Gasteiger partial charge in [-0.05, 0) is 56.4 Å². The summed E-state index contributed by atoms with van der Waals surface area (Å²) in [6, 6.07) is -0.496. The number of azide groups is 1. The summed E-state index contributed by atoms with van der Waals surface area (Å²) in [5.74, 6) is -0.847. The first kappa shape index (κ1) is 33.2. The molecule has 14 nitrogen and oxygen atoms in total. The Bertz CT molecular complexity index is 1050. The molecule has 2 saturated heterocycles. The topological polar surface area (TPSA) is 211 Å². The highest BCUT2D eigenvalue weighted by molar-refractivity contribution is 8.00. The molecule has 42 heavy (non-hydrogen) atoms. The molecule has 1 aliphatic carbocycles. The van der Waals surface area contributed by atoms with Gasteiger partial charge in [0.05, 0.1) is 12.1 Å². The maximum atomic E-state index is 12.8. The molecule has 2 aliphatic heterocycles. The molecule has 3 aliphatic rings. The van der Waals surface area contributed by atoms with E-state index in [1.54, 1.807) is 0 Å². The molecule has 5 amide bonds. The number of ketones is 2. The van der Waals surface area contributed by atoms with Crippen molar-refractivity contribution in [1.82, 2.24) is 26.6 Å². The lowest BCUT2D eigenvalue weighted by Crippen LogP contribution is -2.47. The van der Waals surface area contributed by atoms with Crippen molar-refractivity contribution >= 4 is 47.1 Å². The maximum Gasteiger partial charge on any atom is 0.315 e. The van der Waals surface area contributed by atoms with Crippen molar-refractivity contribution < 1.29 is 28.8 Å². The first-order valence-corrected chi connectivity index (χ1v) is 15.9. The van der Waals surface area contributed by atoms with Gasteiger partial charge in [0.1, 0.15) is 6.04 Å². The smallest absolute Gasteiger partial charge is 0.315 e. The number of hydrogen-bond acceptors (Lipinski definition) is 8. The summed E-state index contributed by atoms with van der Waals surface area (Å²) in [6.45, 7) is 1.01. The first-order chi connectivity index (χ1) is 20.3. The summed E-state index contributed by atoms with van der Waals surface area (Å²) >= 11 is 1.86. The van der Waals surface area contributed by atoms with Crippen LogP contribution in [0.25, 0.3) is 10.4 Å². The van der Waals surface area contributed by atoms with Crippen LogP contribution in [0.3, 0.4) is 0 Å². The summed E-state index contributed by atoms with van der Waals surface area (Å²) < 4.78 is 0. The largest absolute Gasteiger partial charge is 0.356 e. The molecule has 0 bridgehead atoms. The predicted octanol–water partition coefficient (Wildman–Crippen LogP) is 1.63. The van der Waals surface area contributed by atoms with Gasteiger partial charge in [-0.2, -0.15) is 11.8 Å². The molecule has 0 spiro atoms. The van der Waals surface area contributed by atoms with Crippen LogP contribution in [0.2, 0.25) is 0 Å². The van der Waals surface area contributed by atoms with Crippen molar-refractivity contribution in [2.45, 2.75) is 100 Å². The van der Waals surface area contributed by atoms with Gasteiger partial charge in [-0.3, -0.25) is 24.0 Å². The molecule has 5 N–H and O–H groups in total. The molecule has 15 heteroatoms. The van der Waals surface area contributed by atoms with E-state index in [2.05, 4.69) is 36.6 Å². The van der Waals surface area contributed by atoms with Crippen molar-refractivity contribution in [1.29, 1.82) is 0 Å². The summed E-state index contributed by atoms with van der Waals surface area (Å²) in [5, 5.41) is 18.2. The number of thioether (sulfide) groups is 1. The Kier molecular flexibility index (Phi) is 13.9. The fourth-order valence-corrected chi connectivity index (χ4v) is 7.05. The zero-order chi connectivity index (χ0) is 30.3. The molecular weight excluding hydrogens is 564 g/mol. The van der Waals surface area contributed by atoms with Crippen LogP contribution in [-0.4, -0.2) is 84.1 Å². The zero-order valence-corrected chi connectivity index (χ0v) is 24.7. The van der Waals surface area contributed by atoms with Crippen LogP contribution in [0.5, 0.6) is 0 Å². The minimum Gasteiger partial charge on any atom is -0.356 e. The average molecular weight is 607 g/mol. The molecule has 0 aromatic carbocycles. The molecule has 232 valence electrons. The quantitative estimate of drug-likeness (QED) is 0.0388. The molecule has 0 aromatic heterocycles. The van der Waals surface area contributed by atoms with Crippen LogP contribution in [-0.2, 0) is 24.0 Å². The highest BCUT2D eigenvalue weighted by Crippen LogP contribution is 2.33. The number of carbonyl (C=O) groups excluding carboxylic acids is 6. The number of nitrogens with zero attached hydrogens (tertiary/aromatic N) is 3. The second-order valence-corrected chi connectivity index (χ2v) is 12.4. The zero-order valence-electron chi connectivity index (χ0n) is 23.9. The normalized spacial score (nSPS) is 23.7. The minimum atomic E-state index is -0.776. The number of carbonyl (C=O) groups is 6. The number of urea groups is 1. The minimum absolute atomic E-state index is 0.0223. The molecule has 1 unspecified atom stereocenters. The molecular formula is C27H42N8O6S. The summed E-state index contributed by atoms with van der Waals surface area (Å²) in [6.07, 6.45) is 5.89. The van der Waals surface area contributed by atoms with Gasteiger partial charge >= 0.3 is 6.03 Å². The van der Waals surface area contributed by atoms with Crippen LogP contribution in [0.15, 0.2) is 5.11 Å². The number of nitrogens with one attached hydrogen (secondary N) is 5. The number of amides is 5. The SMILES string of the molecule is [N-]=[N+]=NCCCNC(=O)[C@H](CCCCNC(=O)CCCC[C@@H]1SC[C@@H]2NC(=O)N[C@@H]21)NC(=O)CC1CCC(=O)C(=O)C1. The van der Waals surface area contributed by atoms with Crippen LogP contribution >= 0.6 is 11.8 Å². The lowest BCUT2D eigenvalue weighted by molar-refractivity contribution is -0.139. The molecule has 0 aromatic rings. The first-order valence-electron chi connectivity index (χ1n) is 14.9. The Morgan fingerprint density at radius 3 is 2.60 bits per heavy atom. The van der Waals surface area contributed by atoms with Crippen LogP contribution in [0, 0.1) is 5.92 Å². The van der Waals surface area contributed by atoms with E-state index in [4.69, 9.17) is 5.53 Å². The summed E-state index contributed by atoms with van der Waals surface area (Å²) in [5.41, 5.74) is 8.38. The molecule has 3 fully saturated rings. The van der Waals surface area contributed by atoms with Crippen LogP contribution in [0.4, 0.5) is 4.79 Å². The maximum absolute atomic E-state index is 12.8. The van der Waals surface area contributed by atoms with Crippen molar-refractivity contribution in [3.63, 3.8) is 0 Å². The second-order valence-electron chi connectivity index (χ2n) is 11.1. The van der Waals surface area contributed by atoms with E-state index < -0.39 is 17.6 Å². The lowest BCUT2D eigenvalue weighted by Gasteiger charge is -2.22. The molecule has 5 atom stereocenters. The van der Waals surface area contributed by atoms with Gasteiger partial charge in [0.2, 0.25) is 17.7 Å². The third-order valence-electron chi connectivity index (χ3n) is 7.81. The van der Waals surface area contributed by atoms with E-state index in [-0.39, 0.29) is 67.6 Å². The van der Waals surface area contributed by atoms with Crippen molar-refractivity contribution in [3.05, 3.63) is 10.4 Å². The number of unbranched alkanes of at least 4 members (excludes halogenated alkanes) is 2.